The van der Waals surface area contributed by atoms with Gasteiger partial charge in [0.15, 0.2) is 16.8 Å². The molecule has 1 heterocycles. The molecule has 5 nitrogen and oxygen atoms in total. The van der Waals surface area contributed by atoms with Crippen molar-refractivity contribution in [3.8, 4) is 5.75 Å². The summed E-state index contributed by atoms with van der Waals surface area (Å²) in [6, 6.07) is 15.8. The van der Waals surface area contributed by atoms with Gasteiger partial charge in [-0.15, -0.1) is 10.2 Å². The smallest absolute Gasteiger partial charge is 0.191 e. The lowest BCUT2D eigenvalue weighted by atomic mass is 9.90. The van der Waals surface area contributed by atoms with Gasteiger partial charge in [0.05, 0.1) is 5.25 Å². The molecule has 4 rings (SSSR count). The van der Waals surface area contributed by atoms with E-state index in [1.807, 2.05) is 67.1 Å². The van der Waals surface area contributed by atoms with Crippen molar-refractivity contribution in [1.29, 1.82) is 0 Å². The van der Waals surface area contributed by atoms with Gasteiger partial charge in [0.25, 0.3) is 0 Å². The molecule has 138 valence electrons. The van der Waals surface area contributed by atoms with Crippen molar-refractivity contribution in [2.45, 2.75) is 36.8 Å². The third-order valence-corrected chi connectivity index (χ3v) is 6.11. The van der Waals surface area contributed by atoms with Crippen LogP contribution in [0.5, 0.6) is 5.75 Å². The fourth-order valence-electron chi connectivity index (χ4n) is 3.17. The number of hydrogen-bond acceptors (Lipinski definition) is 5. The molecule has 0 radical (unpaired) electrons. The van der Waals surface area contributed by atoms with Crippen molar-refractivity contribution < 1.29 is 9.53 Å². The number of fused-ring (bicyclic) bond motifs is 1. The third kappa shape index (κ3) is 3.76. The van der Waals surface area contributed by atoms with E-state index < -0.39 is 0 Å². The number of nitrogens with zero attached hydrogens (tertiary/aromatic N) is 3. The standard InChI is InChI=1S/C21H21N3O2S/c1-14-7-10-16(11-8-14)26-13-19-22-23-21(24(19)2)27-18-12-9-15-5-3-4-6-17(15)20(18)25/h3-8,10-11,18H,9,12-13H2,1-2H3/t18-/m0/s1. The van der Waals surface area contributed by atoms with Gasteiger partial charge in [0.2, 0.25) is 0 Å². The third-order valence-electron chi connectivity index (χ3n) is 4.81. The van der Waals surface area contributed by atoms with Crippen LogP contribution in [0.2, 0.25) is 0 Å². The van der Waals surface area contributed by atoms with Gasteiger partial charge in [0.1, 0.15) is 12.4 Å². The zero-order valence-corrected chi connectivity index (χ0v) is 16.2. The molecule has 1 aliphatic rings. The molecule has 6 heteroatoms. The van der Waals surface area contributed by atoms with Gasteiger partial charge >= 0.3 is 0 Å². The van der Waals surface area contributed by atoms with Gasteiger partial charge in [-0.2, -0.15) is 0 Å². The summed E-state index contributed by atoms with van der Waals surface area (Å²) in [5, 5.41) is 9.14. The summed E-state index contributed by atoms with van der Waals surface area (Å²) in [6.45, 7) is 2.38. The molecule has 0 unspecified atom stereocenters. The Kier molecular flexibility index (Phi) is 4.99. The average molecular weight is 379 g/mol. The minimum absolute atomic E-state index is 0.117. The van der Waals surface area contributed by atoms with E-state index in [1.165, 1.54) is 17.3 Å². The summed E-state index contributed by atoms with van der Waals surface area (Å²) in [5.41, 5.74) is 3.18. The molecule has 3 aromatic rings. The second-order valence-corrected chi connectivity index (χ2v) is 7.90. The van der Waals surface area contributed by atoms with Crippen LogP contribution in [0.15, 0.2) is 53.7 Å². The number of Topliss-reactive ketones (excluding diaryl/α,β-unsaturated/α-hetero) is 1. The van der Waals surface area contributed by atoms with Gasteiger partial charge < -0.3 is 9.30 Å². The van der Waals surface area contributed by atoms with Gasteiger partial charge in [-0.3, -0.25) is 4.79 Å². The van der Waals surface area contributed by atoms with Crippen LogP contribution in [0.4, 0.5) is 0 Å². The zero-order chi connectivity index (χ0) is 18.8. The van der Waals surface area contributed by atoms with Gasteiger partial charge in [0, 0.05) is 12.6 Å². The summed E-state index contributed by atoms with van der Waals surface area (Å²) in [4.78, 5) is 12.8. The largest absolute Gasteiger partial charge is 0.486 e. The molecule has 0 fully saturated rings. The molecular formula is C21H21N3O2S. The maximum atomic E-state index is 12.8. The number of rotatable bonds is 5. The van der Waals surface area contributed by atoms with E-state index in [0.717, 1.165) is 40.7 Å². The lowest BCUT2D eigenvalue weighted by molar-refractivity contribution is 0.0979. The van der Waals surface area contributed by atoms with Crippen LogP contribution in [-0.4, -0.2) is 25.8 Å². The molecule has 1 atom stereocenters. The highest BCUT2D eigenvalue weighted by Gasteiger charge is 2.29. The van der Waals surface area contributed by atoms with Crippen LogP contribution >= 0.6 is 11.8 Å². The maximum absolute atomic E-state index is 12.8. The van der Waals surface area contributed by atoms with Crippen LogP contribution in [-0.2, 0) is 20.1 Å². The monoisotopic (exact) mass is 379 g/mol. The summed E-state index contributed by atoms with van der Waals surface area (Å²) < 4.78 is 7.71. The minimum Gasteiger partial charge on any atom is -0.486 e. The summed E-state index contributed by atoms with van der Waals surface area (Å²) in [5.74, 6) is 1.72. The van der Waals surface area contributed by atoms with Gasteiger partial charge in [-0.05, 0) is 37.5 Å². The molecule has 2 aromatic carbocycles. The second kappa shape index (κ2) is 7.56. The Morgan fingerprint density at radius 3 is 2.74 bits per heavy atom. The highest BCUT2D eigenvalue weighted by molar-refractivity contribution is 8.00. The van der Waals surface area contributed by atoms with Crippen LogP contribution < -0.4 is 4.74 Å². The predicted molar refractivity (Wildman–Crippen MR) is 105 cm³/mol. The van der Waals surface area contributed by atoms with Crippen molar-refractivity contribution >= 4 is 17.5 Å². The lowest BCUT2D eigenvalue weighted by Gasteiger charge is -2.22. The Morgan fingerprint density at radius 2 is 1.93 bits per heavy atom. The predicted octanol–water partition coefficient (Wildman–Crippen LogP) is 3.99. The molecule has 0 spiro atoms. The first-order valence-corrected chi connectivity index (χ1v) is 9.86. The Labute approximate surface area is 162 Å². The number of ether oxygens (including phenoxy) is 1. The van der Waals surface area contributed by atoms with Crippen LogP contribution in [0, 0.1) is 6.92 Å². The van der Waals surface area contributed by atoms with Crippen LogP contribution in [0.25, 0.3) is 0 Å². The molecule has 0 saturated carbocycles. The number of carbonyl (C=O) groups is 1. The fourth-order valence-corrected chi connectivity index (χ4v) is 4.24. The highest BCUT2D eigenvalue weighted by Crippen LogP contribution is 2.32. The average Bonchev–Trinajstić information content (AvgIpc) is 3.03. The van der Waals surface area contributed by atoms with E-state index in [9.17, 15) is 4.79 Å². The Hall–Kier alpha value is -2.60. The summed E-state index contributed by atoms with van der Waals surface area (Å²) >= 11 is 1.49. The summed E-state index contributed by atoms with van der Waals surface area (Å²) in [6.07, 6.45) is 1.74. The number of benzene rings is 2. The number of thioether (sulfide) groups is 1. The van der Waals surface area contributed by atoms with Crippen molar-refractivity contribution in [1.82, 2.24) is 14.8 Å². The van der Waals surface area contributed by atoms with E-state index in [0.29, 0.717) is 6.61 Å². The Balaban J connectivity index is 1.43. The van der Waals surface area contributed by atoms with Gasteiger partial charge in [-0.25, -0.2) is 0 Å². The van der Waals surface area contributed by atoms with Crippen molar-refractivity contribution in [3.05, 3.63) is 71.0 Å². The molecular weight excluding hydrogens is 358 g/mol. The van der Waals surface area contributed by atoms with Crippen molar-refractivity contribution in [2.24, 2.45) is 7.05 Å². The summed E-state index contributed by atoms with van der Waals surface area (Å²) in [7, 11) is 1.91. The lowest BCUT2D eigenvalue weighted by Crippen LogP contribution is -2.25. The second-order valence-electron chi connectivity index (χ2n) is 6.73. The molecule has 0 bridgehead atoms. The minimum atomic E-state index is -0.117. The quantitative estimate of drug-likeness (QED) is 0.671. The number of aryl methyl sites for hydroxylation is 2. The van der Waals surface area contributed by atoms with E-state index in [1.54, 1.807) is 0 Å². The molecule has 0 aliphatic heterocycles. The zero-order valence-electron chi connectivity index (χ0n) is 15.4. The van der Waals surface area contributed by atoms with Crippen LogP contribution in [0.3, 0.4) is 0 Å². The van der Waals surface area contributed by atoms with E-state index in [4.69, 9.17) is 4.74 Å². The van der Waals surface area contributed by atoms with Crippen LogP contribution in [0.1, 0.15) is 33.7 Å². The Bertz CT molecular complexity index is 966. The van der Waals surface area contributed by atoms with Gasteiger partial charge in [-0.1, -0.05) is 53.7 Å². The van der Waals surface area contributed by atoms with E-state index in [2.05, 4.69) is 10.2 Å². The van der Waals surface area contributed by atoms with Crippen molar-refractivity contribution in [3.63, 3.8) is 0 Å². The number of aromatic nitrogens is 3. The number of ketones is 1. The number of hydrogen-bond donors (Lipinski definition) is 0. The Morgan fingerprint density at radius 1 is 1.15 bits per heavy atom. The molecule has 0 N–H and O–H groups in total. The normalized spacial score (nSPS) is 16.2. The number of carbonyl (C=O) groups excluding carboxylic acids is 1. The SMILES string of the molecule is Cc1ccc(OCc2nnc(S[C@H]3CCc4ccccc4C3=O)n2C)cc1. The first-order valence-electron chi connectivity index (χ1n) is 8.98. The first kappa shape index (κ1) is 17.8. The maximum Gasteiger partial charge on any atom is 0.191 e. The topological polar surface area (TPSA) is 57.0 Å². The molecule has 0 amide bonds. The fraction of sp³-hybridized carbons (Fsp3) is 0.286. The van der Waals surface area contributed by atoms with E-state index in [-0.39, 0.29) is 11.0 Å². The first-order chi connectivity index (χ1) is 13.1. The molecule has 1 aliphatic carbocycles. The van der Waals surface area contributed by atoms with E-state index >= 15 is 0 Å². The van der Waals surface area contributed by atoms with Crippen molar-refractivity contribution in [2.75, 3.05) is 0 Å². The molecule has 1 aromatic heterocycles. The molecule has 27 heavy (non-hydrogen) atoms. The molecule has 0 saturated heterocycles. The highest BCUT2D eigenvalue weighted by atomic mass is 32.2.